The normalized spacial score (nSPS) is 11.2. The van der Waals surface area contributed by atoms with Gasteiger partial charge in [0.25, 0.3) is 11.6 Å². The van der Waals surface area contributed by atoms with Crippen molar-refractivity contribution in [2.24, 2.45) is 0 Å². The molecule has 25 heavy (non-hydrogen) atoms. The van der Waals surface area contributed by atoms with Crippen molar-refractivity contribution in [3.8, 4) is 0 Å². The van der Waals surface area contributed by atoms with Gasteiger partial charge in [-0.25, -0.2) is 4.98 Å². The maximum Gasteiger partial charge on any atom is 0.259 e. The molecule has 1 aromatic carbocycles. The molecule has 0 bridgehead atoms. The highest BCUT2D eigenvalue weighted by atomic mass is 32.2. The van der Waals surface area contributed by atoms with Gasteiger partial charge in [-0.3, -0.25) is 4.79 Å². The predicted molar refractivity (Wildman–Crippen MR) is 100 cm³/mol. The third kappa shape index (κ3) is 3.69. The van der Waals surface area contributed by atoms with Crippen molar-refractivity contribution < 1.29 is 9.32 Å². The fourth-order valence-electron chi connectivity index (χ4n) is 2.61. The molecular formula is C19H21N3O2S. The Morgan fingerprint density at radius 3 is 2.64 bits per heavy atom. The highest BCUT2D eigenvalue weighted by molar-refractivity contribution is 7.98. The lowest BCUT2D eigenvalue weighted by molar-refractivity contribution is 0.0952. The third-order valence-electron chi connectivity index (χ3n) is 4.09. The number of fused-ring (bicyclic) bond motifs is 1. The highest BCUT2D eigenvalue weighted by Crippen LogP contribution is 2.25. The molecule has 0 atom stereocenters. The molecule has 3 aromatic rings. The van der Waals surface area contributed by atoms with Crippen LogP contribution in [0.15, 0.2) is 39.8 Å². The standard InChI is InChI=1S/C19H21N3O2S/c1-11(2)16-9-15(17-12(3)22-24-19(17)21-16)18(23)20-10-13-5-7-14(25-4)8-6-13/h5-9,11H,10H2,1-4H3,(H,20,23). The number of hydrogen-bond donors (Lipinski definition) is 1. The number of thioether (sulfide) groups is 1. The van der Waals surface area contributed by atoms with Crippen LogP contribution in [0.1, 0.15) is 47.1 Å². The molecular weight excluding hydrogens is 334 g/mol. The number of pyridine rings is 1. The summed E-state index contributed by atoms with van der Waals surface area (Å²) in [4.78, 5) is 18.4. The van der Waals surface area contributed by atoms with Crippen LogP contribution in [0.25, 0.3) is 11.1 Å². The minimum atomic E-state index is -0.144. The van der Waals surface area contributed by atoms with Crippen molar-refractivity contribution in [3.05, 3.63) is 52.8 Å². The van der Waals surface area contributed by atoms with E-state index in [1.165, 1.54) is 4.90 Å². The van der Waals surface area contributed by atoms with Crippen molar-refractivity contribution in [1.82, 2.24) is 15.5 Å². The van der Waals surface area contributed by atoms with Gasteiger partial charge in [0, 0.05) is 17.1 Å². The molecule has 3 rings (SSSR count). The second kappa shape index (κ2) is 7.27. The molecule has 1 N–H and O–H groups in total. The number of rotatable bonds is 5. The molecule has 0 radical (unpaired) electrons. The van der Waals surface area contributed by atoms with E-state index in [0.29, 0.717) is 28.9 Å². The number of aromatic nitrogens is 2. The summed E-state index contributed by atoms with van der Waals surface area (Å²) >= 11 is 1.70. The molecule has 0 aliphatic rings. The molecule has 5 nitrogen and oxygen atoms in total. The minimum absolute atomic E-state index is 0.144. The topological polar surface area (TPSA) is 68.0 Å². The van der Waals surface area contributed by atoms with Crippen LogP contribution >= 0.6 is 11.8 Å². The Morgan fingerprint density at radius 1 is 1.28 bits per heavy atom. The Labute approximate surface area is 151 Å². The van der Waals surface area contributed by atoms with E-state index >= 15 is 0 Å². The molecule has 0 saturated carbocycles. The van der Waals surface area contributed by atoms with Gasteiger partial charge in [0.2, 0.25) is 0 Å². The van der Waals surface area contributed by atoms with Crippen LogP contribution in [0.2, 0.25) is 0 Å². The fraction of sp³-hybridized carbons (Fsp3) is 0.316. The smallest absolute Gasteiger partial charge is 0.259 e. The SMILES string of the molecule is CSc1ccc(CNC(=O)c2cc(C(C)C)nc3onc(C)c23)cc1. The zero-order chi connectivity index (χ0) is 18.0. The van der Waals surface area contributed by atoms with Gasteiger partial charge in [-0.05, 0) is 42.9 Å². The number of hydrogen-bond acceptors (Lipinski definition) is 5. The Bertz CT molecular complexity index is 901. The van der Waals surface area contributed by atoms with Crippen molar-refractivity contribution >= 4 is 28.8 Å². The summed E-state index contributed by atoms with van der Waals surface area (Å²) < 4.78 is 5.28. The number of amides is 1. The summed E-state index contributed by atoms with van der Waals surface area (Å²) in [5.41, 5.74) is 3.53. The van der Waals surface area contributed by atoms with Crippen LogP contribution in [0.5, 0.6) is 0 Å². The summed E-state index contributed by atoms with van der Waals surface area (Å²) in [6.07, 6.45) is 2.04. The van der Waals surface area contributed by atoms with E-state index in [1.807, 2.05) is 45.2 Å². The maximum atomic E-state index is 12.8. The summed E-state index contributed by atoms with van der Waals surface area (Å²) in [5, 5.41) is 7.62. The lowest BCUT2D eigenvalue weighted by Crippen LogP contribution is -2.23. The van der Waals surface area contributed by atoms with E-state index < -0.39 is 0 Å². The predicted octanol–water partition coefficient (Wildman–Crippen LogP) is 4.31. The molecule has 2 aromatic heterocycles. The van der Waals surface area contributed by atoms with E-state index in [9.17, 15) is 4.79 Å². The largest absolute Gasteiger partial charge is 0.348 e. The van der Waals surface area contributed by atoms with Gasteiger partial charge in [0.1, 0.15) is 0 Å². The fourth-order valence-corrected chi connectivity index (χ4v) is 3.02. The first-order valence-electron chi connectivity index (χ1n) is 8.17. The number of nitrogens with zero attached hydrogens (tertiary/aromatic N) is 2. The Balaban J connectivity index is 1.86. The van der Waals surface area contributed by atoms with E-state index in [-0.39, 0.29) is 11.8 Å². The van der Waals surface area contributed by atoms with Gasteiger partial charge in [-0.2, -0.15) is 0 Å². The zero-order valence-corrected chi connectivity index (χ0v) is 15.6. The lowest BCUT2D eigenvalue weighted by Gasteiger charge is -2.10. The molecule has 0 aliphatic heterocycles. The number of carbonyl (C=O) groups excluding carboxylic acids is 1. The first kappa shape index (κ1) is 17.5. The molecule has 0 saturated heterocycles. The molecule has 0 spiro atoms. The minimum Gasteiger partial charge on any atom is -0.348 e. The summed E-state index contributed by atoms with van der Waals surface area (Å²) in [7, 11) is 0. The van der Waals surface area contributed by atoms with E-state index in [2.05, 4.69) is 27.6 Å². The molecule has 130 valence electrons. The van der Waals surface area contributed by atoms with Crippen molar-refractivity contribution in [2.75, 3.05) is 6.26 Å². The number of benzene rings is 1. The molecule has 0 unspecified atom stereocenters. The molecule has 0 fully saturated rings. The highest BCUT2D eigenvalue weighted by Gasteiger charge is 2.19. The second-order valence-corrected chi connectivity index (χ2v) is 7.11. The van der Waals surface area contributed by atoms with Gasteiger partial charge in [-0.1, -0.05) is 31.1 Å². The van der Waals surface area contributed by atoms with Crippen molar-refractivity contribution in [2.45, 2.75) is 38.1 Å². The van der Waals surface area contributed by atoms with Gasteiger partial charge in [0.05, 0.1) is 16.6 Å². The maximum absolute atomic E-state index is 12.8. The van der Waals surface area contributed by atoms with Crippen LogP contribution in [-0.2, 0) is 6.54 Å². The summed E-state index contributed by atoms with van der Waals surface area (Å²) in [6.45, 7) is 6.36. The van der Waals surface area contributed by atoms with Crippen molar-refractivity contribution in [3.63, 3.8) is 0 Å². The van der Waals surface area contributed by atoms with Crippen LogP contribution in [-0.4, -0.2) is 22.3 Å². The summed E-state index contributed by atoms with van der Waals surface area (Å²) in [5.74, 6) is 0.0509. The quantitative estimate of drug-likeness (QED) is 0.691. The average molecular weight is 355 g/mol. The van der Waals surface area contributed by atoms with Crippen LogP contribution in [0, 0.1) is 6.92 Å². The molecule has 6 heteroatoms. The lowest BCUT2D eigenvalue weighted by atomic mass is 10.0. The Hall–Kier alpha value is -2.34. The first-order valence-corrected chi connectivity index (χ1v) is 9.40. The van der Waals surface area contributed by atoms with Gasteiger partial charge < -0.3 is 9.84 Å². The van der Waals surface area contributed by atoms with Gasteiger partial charge in [-0.15, -0.1) is 11.8 Å². The molecule has 0 aliphatic carbocycles. The molecule has 1 amide bonds. The Morgan fingerprint density at radius 2 is 2.00 bits per heavy atom. The number of carbonyl (C=O) groups is 1. The van der Waals surface area contributed by atoms with Crippen LogP contribution in [0.3, 0.4) is 0 Å². The third-order valence-corrected chi connectivity index (χ3v) is 4.83. The van der Waals surface area contributed by atoms with Crippen LogP contribution < -0.4 is 5.32 Å². The number of nitrogens with one attached hydrogen (secondary N) is 1. The average Bonchev–Trinajstić information content (AvgIpc) is 3.00. The van der Waals surface area contributed by atoms with Gasteiger partial charge >= 0.3 is 0 Å². The monoisotopic (exact) mass is 355 g/mol. The summed E-state index contributed by atoms with van der Waals surface area (Å²) in [6, 6.07) is 10.00. The second-order valence-electron chi connectivity index (χ2n) is 6.23. The number of aryl methyl sites for hydroxylation is 1. The van der Waals surface area contributed by atoms with Crippen LogP contribution in [0.4, 0.5) is 0 Å². The first-order chi connectivity index (χ1) is 12.0. The zero-order valence-electron chi connectivity index (χ0n) is 14.8. The van der Waals surface area contributed by atoms with E-state index in [0.717, 1.165) is 11.3 Å². The molecule has 2 heterocycles. The van der Waals surface area contributed by atoms with E-state index in [1.54, 1.807) is 11.8 Å². The van der Waals surface area contributed by atoms with E-state index in [4.69, 9.17) is 4.52 Å². The van der Waals surface area contributed by atoms with Crippen molar-refractivity contribution in [1.29, 1.82) is 0 Å². The van der Waals surface area contributed by atoms with Gasteiger partial charge in [0.15, 0.2) is 0 Å². The Kier molecular flexibility index (Phi) is 5.08.